The van der Waals surface area contributed by atoms with Crippen LogP contribution >= 0.6 is 12.6 Å². The van der Waals surface area contributed by atoms with Crippen molar-refractivity contribution in [3.05, 3.63) is 29.8 Å². The Labute approximate surface area is 116 Å². The molecule has 18 heavy (non-hydrogen) atoms. The largest absolute Gasteiger partial charge is 0.371 e. The first-order valence-electron chi connectivity index (χ1n) is 7.27. The number of anilines is 1. The molecular formula is C16H23NS. The van der Waals surface area contributed by atoms with Crippen molar-refractivity contribution in [2.75, 3.05) is 23.7 Å². The fourth-order valence-corrected chi connectivity index (χ4v) is 3.80. The quantitative estimate of drug-likeness (QED) is 0.807. The highest BCUT2D eigenvalue weighted by Crippen LogP contribution is 2.43. The molecular weight excluding hydrogens is 238 g/mol. The van der Waals surface area contributed by atoms with Crippen LogP contribution in [-0.2, 0) is 6.42 Å². The Balaban J connectivity index is 1.83. The van der Waals surface area contributed by atoms with E-state index in [0.717, 1.165) is 5.75 Å². The zero-order chi connectivity index (χ0) is 12.4. The average Bonchev–Trinajstić information content (AvgIpc) is 2.56. The van der Waals surface area contributed by atoms with Gasteiger partial charge >= 0.3 is 0 Å². The van der Waals surface area contributed by atoms with Crippen molar-refractivity contribution in [2.45, 2.75) is 38.5 Å². The molecule has 1 heterocycles. The van der Waals surface area contributed by atoms with E-state index in [-0.39, 0.29) is 0 Å². The molecule has 0 saturated heterocycles. The highest BCUT2D eigenvalue weighted by atomic mass is 32.1. The van der Waals surface area contributed by atoms with Crippen molar-refractivity contribution in [1.82, 2.24) is 0 Å². The SMILES string of the molecule is SCC1(CN2CCCCc3ccccc32)CCC1. The predicted molar refractivity (Wildman–Crippen MR) is 81.7 cm³/mol. The van der Waals surface area contributed by atoms with Crippen molar-refractivity contribution < 1.29 is 0 Å². The lowest BCUT2D eigenvalue weighted by atomic mass is 9.70. The van der Waals surface area contributed by atoms with Gasteiger partial charge in [0.05, 0.1) is 0 Å². The third kappa shape index (κ3) is 2.27. The fraction of sp³-hybridized carbons (Fsp3) is 0.625. The van der Waals surface area contributed by atoms with Crippen LogP contribution in [0.25, 0.3) is 0 Å². The normalized spacial score (nSPS) is 21.9. The Morgan fingerprint density at radius 1 is 1.11 bits per heavy atom. The number of para-hydroxylation sites is 1. The van der Waals surface area contributed by atoms with Crippen molar-refractivity contribution >= 4 is 18.3 Å². The molecule has 0 aromatic heterocycles. The van der Waals surface area contributed by atoms with Gasteiger partial charge in [0, 0.05) is 18.8 Å². The van der Waals surface area contributed by atoms with E-state index in [1.54, 1.807) is 5.56 Å². The summed E-state index contributed by atoms with van der Waals surface area (Å²) in [5.74, 6) is 1.05. The van der Waals surface area contributed by atoms with Crippen molar-refractivity contribution in [3.63, 3.8) is 0 Å². The van der Waals surface area contributed by atoms with Gasteiger partial charge in [0.25, 0.3) is 0 Å². The Bertz CT molecular complexity index is 406. The number of benzene rings is 1. The molecule has 0 spiro atoms. The Morgan fingerprint density at radius 2 is 1.94 bits per heavy atom. The van der Waals surface area contributed by atoms with Crippen LogP contribution in [0.15, 0.2) is 24.3 Å². The molecule has 2 aliphatic rings. The molecule has 2 heteroatoms. The molecule has 98 valence electrons. The van der Waals surface area contributed by atoms with Crippen molar-refractivity contribution in [1.29, 1.82) is 0 Å². The number of fused-ring (bicyclic) bond motifs is 1. The zero-order valence-corrected chi connectivity index (χ0v) is 12.0. The van der Waals surface area contributed by atoms with Crippen LogP contribution in [0.1, 0.15) is 37.7 Å². The molecule has 0 N–H and O–H groups in total. The fourth-order valence-electron chi connectivity index (χ4n) is 3.38. The lowest BCUT2D eigenvalue weighted by Gasteiger charge is -2.45. The van der Waals surface area contributed by atoms with Gasteiger partial charge in [0.1, 0.15) is 0 Å². The molecule has 0 bridgehead atoms. The van der Waals surface area contributed by atoms with Crippen molar-refractivity contribution in [3.8, 4) is 0 Å². The van der Waals surface area contributed by atoms with Gasteiger partial charge in [0.15, 0.2) is 0 Å². The minimum absolute atomic E-state index is 0.501. The number of hydrogen-bond acceptors (Lipinski definition) is 2. The second kappa shape index (κ2) is 5.16. The van der Waals surface area contributed by atoms with E-state index in [4.69, 9.17) is 0 Å². The van der Waals surface area contributed by atoms with Crippen LogP contribution < -0.4 is 4.90 Å². The maximum atomic E-state index is 4.60. The summed E-state index contributed by atoms with van der Waals surface area (Å²) in [6.45, 7) is 2.44. The average molecular weight is 261 g/mol. The molecule has 1 fully saturated rings. The standard InChI is InChI=1S/C16H23NS/c18-13-16(9-5-10-16)12-17-11-4-3-7-14-6-1-2-8-15(14)17/h1-2,6,8,18H,3-5,7,9-13H2. The number of nitrogens with zero attached hydrogens (tertiary/aromatic N) is 1. The van der Waals surface area contributed by atoms with E-state index < -0.39 is 0 Å². The van der Waals surface area contributed by atoms with Gasteiger partial charge in [-0.2, -0.15) is 12.6 Å². The summed E-state index contributed by atoms with van der Waals surface area (Å²) in [4.78, 5) is 2.64. The van der Waals surface area contributed by atoms with E-state index >= 15 is 0 Å². The van der Waals surface area contributed by atoms with E-state index in [0.29, 0.717) is 5.41 Å². The lowest BCUT2D eigenvalue weighted by molar-refractivity contribution is 0.176. The van der Waals surface area contributed by atoms with E-state index in [1.807, 2.05) is 0 Å². The second-order valence-corrected chi connectivity index (χ2v) is 6.34. The maximum absolute atomic E-state index is 4.60. The first kappa shape index (κ1) is 12.4. The zero-order valence-electron chi connectivity index (χ0n) is 11.1. The molecule has 0 atom stereocenters. The molecule has 1 aromatic carbocycles. The Kier molecular flexibility index (Phi) is 3.56. The lowest BCUT2D eigenvalue weighted by Crippen LogP contribution is -2.44. The Hall–Kier alpha value is -0.630. The van der Waals surface area contributed by atoms with Gasteiger partial charge in [-0.25, -0.2) is 0 Å². The first-order chi connectivity index (χ1) is 8.83. The third-order valence-electron chi connectivity index (χ3n) is 4.73. The summed E-state index contributed by atoms with van der Waals surface area (Å²) in [5, 5.41) is 0. The van der Waals surface area contributed by atoms with E-state index in [2.05, 4.69) is 41.8 Å². The summed E-state index contributed by atoms with van der Waals surface area (Å²) in [7, 11) is 0. The van der Waals surface area contributed by atoms with E-state index in [9.17, 15) is 0 Å². The van der Waals surface area contributed by atoms with Crippen LogP contribution in [0.2, 0.25) is 0 Å². The highest BCUT2D eigenvalue weighted by molar-refractivity contribution is 7.80. The first-order valence-corrected chi connectivity index (χ1v) is 7.90. The molecule has 0 radical (unpaired) electrons. The molecule has 1 aliphatic heterocycles. The molecule has 1 nitrogen and oxygen atoms in total. The Morgan fingerprint density at radius 3 is 2.67 bits per heavy atom. The molecule has 1 saturated carbocycles. The van der Waals surface area contributed by atoms with Gasteiger partial charge in [-0.3, -0.25) is 0 Å². The van der Waals surface area contributed by atoms with Crippen LogP contribution in [0, 0.1) is 5.41 Å². The van der Waals surface area contributed by atoms with Crippen LogP contribution in [0.5, 0.6) is 0 Å². The summed E-state index contributed by atoms with van der Waals surface area (Å²) < 4.78 is 0. The number of aryl methyl sites for hydroxylation is 1. The summed E-state index contributed by atoms with van der Waals surface area (Å²) in [5.41, 5.74) is 3.53. The summed E-state index contributed by atoms with van der Waals surface area (Å²) in [6, 6.07) is 8.98. The minimum atomic E-state index is 0.501. The number of hydrogen-bond donors (Lipinski definition) is 1. The molecule has 0 amide bonds. The number of thiol groups is 1. The third-order valence-corrected chi connectivity index (χ3v) is 5.40. The molecule has 3 rings (SSSR count). The molecule has 1 aromatic rings. The van der Waals surface area contributed by atoms with Crippen LogP contribution in [0.3, 0.4) is 0 Å². The maximum Gasteiger partial charge on any atom is 0.0398 e. The summed E-state index contributed by atoms with van der Waals surface area (Å²) in [6.07, 6.45) is 8.06. The smallest absolute Gasteiger partial charge is 0.0398 e. The van der Waals surface area contributed by atoms with Crippen molar-refractivity contribution in [2.24, 2.45) is 5.41 Å². The monoisotopic (exact) mass is 261 g/mol. The van der Waals surface area contributed by atoms with Gasteiger partial charge in [-0.1, -0.05) is 24.6 Å². The number of rotatable bonds is 3. The minimum Gasteiger partial charge on any atom is -0.371 e. The van der Waals surface area contributed by atoms with Gasteiger partial charge in [0.2, 0.25) is 0 Å². The summed E-state index contributed by atoms with van der Waals surface area (Å²) >= 11 is 4.60. The predicted octanol–water partition coefficient (Wildman–Crippen LogP) is 3.93. The topological polar surface area (TPSA) is 3.24 Å². The second-order valence-electron chi connectivity index (χ2n) is 6.02. The highest BCUT2D eigenvalue weighted by Gasteiger charge is 2.37. The van der Waals surface area contributed by atoms with Gasteiger partial charge < -0.3 is 4.90 Å². The van der Waals surface area contributed by atoms with Gasteiger partial charge in [-0.15, -0.1) is 0 Å². The molecule has 1 aliphatic carbocycles. The van der Waals surface area contributed by atoms with Gasteiger partial charge in [-0.05, 0) is 54.9 Å². The van der Waals surface area contributed by atoms with E-state index in [1.165, 1.54) is 57.3 Å². The van der Waals surface area contributed by atoms with Crippen LogP contribution in [-0.4, -0.2) is 18.8 Å². The molecule has 0 unspecified atom stereocenters. The van der Waals surface area contributed by atoms with Crippen LogP contribution in [0.4, 0.5) is 5.69 Å².